The molecule has 1 fully saturated rings. The number of Topliss-reactive ketones (excluding diaryl/α,β-unsaturated/α-hetero) is 2. The molecule has 4 atom stereocenters. The first kappa shape index (κ1) is 23.3. The number of hydrogen-bond acceptors (Lipinski definition) is 5. The van der Waals surface area contributed by atoms with E-state index in [1.165, 1.54) is 11.3 Å². The van der Waals surface area contributed by atoms with Gasteiger partial charge >= 0.3 is 0 Å². The Kier molecular flexibility index (Phi) is 5.29. The lowest BCUT2D eigenvalue weighted by Crippen LogP contribution is -2.51. The number of halogens is 1. The van der Waals surface area contributed by atoms with Crippen LogP contribution in [-0.2, 0) is 10.2 Å². The third-order valence-electron chi connectivity index (χ3n) is 7.99. The third kappa shape index (κ3) is 3.12. The van der Waals surface area contributed by atoms with E-state index in [0.29, 0.717) is 16.1 Å². The zero-order valence-corrected chi connectivity index (χ0v) is 22.4. The van der Waals surface area contributed by atoms with E-state index in [2.05, 4.69) is 21.2 Å². The summed E-state index contributed by atoms with van der Waals surface area (Å²) in [4.78, 5) is 45.8. The van der Waals surface area contributed by atoms with Gasteiger partial charge in [0.15, 0.2) is 11.6 Å². The zero-order valence-electron chi connectivity index (χ0n) is 20.0. The third-order valence-corrected chi connectivity index (χ3v) is 9.40. The topological polar surface area (TPSA) is 66.5 Å². The number of amides is 1. The molecule has 4 aromatic rings. The van der Waals surface area contributed by atoms with Crippen LogP contribution in [0, 0.1) is 5.92 Å². The quantitative estimate of drug-likeness (QED) is 0.285. The Hall–Kier alpha value is -3.81. The molecule has 5 nitrogen and oxygen atoms in total. The predicted molar refractivity (Wildman–Crippen MR) is 153 cm³/mol. The number of benzene rings is 3. The molecule has 7 heteroatoms. The zero-order chi connectivity index (χ0) is 26.0. The fraction of sp³-hybridized carbons (Fsp3) is 0.129. The first-order valence-electron chi connectivity index (χ1n) is 12.4. The molecule has 1 amide bonds. The molecule has 7 rings (SSSR count). The number of carbonyl (C=O) groups is 3. The second-order valence-corrected chi connectivity index (χ2v) is 11.6. The van der Waals surface area contributed by atoms with Gasteiger partial charge in [-0.05, 0) is 46.8 Å². The average Bonchev–Trinajstić information content (AvgIpc) is 3.65. The van der Waals surface area contributed by atoms with Crippen molar-refractivity contribution >= 4 is 62.2 Å². The monoisotopic (exact) mass is 580 g/mol. The van der Waals surface area contributed by atoms with Crippen molar-refractivity contribution in [1.82, 2.24) is 0 Å². The maximum absolute atomic E-state index is 14.5. The highest BCUT2D eigenvalue weighted by Crippen LogP contribution is 2.58. The van der Waals surface area contributed by atoms with Crippen molar-refractivity contribution in [2.75, 3.05) is 10.2 Å². The van der Waals surface area contributed by atoms with Crippen LogP contribution in [0.4, 0.5) is 11.4 Å². The average molecular weight is 581 g/mol. The van der Waals surface area contributed by atoms with Gasteiger partial charge in [0, 0.05) is 21.4 Å². The Labute approximate surface area is 231 Å². The minimum Gasteiger partial charge on any atom is -0.352 e. The van der Waals surface area contributed by atoms with Gasteiger partial charge in [0.1, 0.15) is 11.5 Å². The molecule has 3 aliphatic heterocycles. The van der Waals surface area contributed by atoms with Gasteiger partial charge in [0.25, 0.3) is 0 Å². The van der Waals surface area contributed by atoms with Crippen molar-refractivity contribution in [3.05, 3.63) is 122 Å². The van der Waals surface area contributed by atoms with Crippen molar-refractivity contribution in [2.24, 2.45) is 5.92 Å². The van der Waals surface area contributed by atoms with Crippen LogP contribution < -0.4 is 10.2 Å². The van der Waals surface area contributed by atoms with E-state index < -0.39 is 23.4 Å². The van der Waals surface area contributed by atoms with Crippen LogP contribution in [0.15, 0.2) is 101 Å². The second kappa shape index (κ2) is 8.61. The van der Waals surface area contributed by atoms with Gasteiger partial charge < -0.3 is 10.2 Å². The van der Waals surface area contributed by atoms with Crippen molar-refractivity contribution in [3.8, 4) is 0 Å². The lowest BCUT2D eigenvalue weighted by molar-refractivity contribution is -0.121. The van der Waals surface area contributed by atoms with E-state index in [1.54, 1.807) is 18.2 Å². The van der Waals surface area contributed by atoms with Crippen molar-refractivity contribution < 1.29 is 14.4 Å². The largest absolute Gasteiger partial charge is 0.352 e. The number of nitrogens with one attached hydrogen (secondary N) is 1. The maximum atomic E-state index is 14.5. The van der Waals surface area contributed by atoms with Crippen LogP contribution >= 0.6 is 27.3 Å². The highest BCUT2D eigenvalue weighted by Gasteiger charge is 2.70. The number of rotatable bonds is 4. The summed E-state index contributed by atoms with van der Waals surface area (Å²) in [7, 11) is 0. The molecule has 1 aromatic heterocycles. The highest BCUT2D eigenvalue weighted by molar-refractivity contribution is 9.10. The standard InChI is InChI=1S/C31H21BrN2O3S/c32-20-14-11-19(12-15-20)28(35)27-26(29(36)24-10-5-17-38-24)31(21-7-2-3-8-22(21)33-30(31)37)25-16-13-18-6-1-4-9-23(18)34(25)27/h1-17,25-27H,(H,33,37). The van der Waals surface area contributed by atoms with Crippen LogP contribution in [0.5, 0.6) is 0 Å². The molecule has 1 saturated heterocycles. The number of fused-ring (bicyclic) bond motifs is 6. The Morgan fingerprint density at radius 1 is 0.895 bits per heavy atom. The number of nitrogens with zero attached hydrogens (tertiary/aromatic N) is 1. The molecular formula is C31H21BrN2O3S. The summed E-state index contributed by atoms with van der Waals surface area (Å²) in [5.74, 6) is -1.57. The lowest BCUT2D eigenvalue weighted by atomic mass is 9.64. The SMILES string of the molecule is O=C(c1ccc(Br)cc1)C1C(C(=O)c2cccs2)C2(C(=O)Nc3ccccc32)C2C=Cc3ccccc3N12. The molecule has 4 unspecified atom stereocenters. The predicted octanol–water partition coefficient (Wildman–Crippen LogP) is 6.37. The van der Waals surface area contributed by atoms with Crippen LogP contribution in [0.2, 0.25) is 0 Å². The Morgan fingerprint density at radius 2 is 1.66 bits per heavy atom. The molecule has 3 aromatic carbocycles. The second-order valence-electron chi connectivity index (χ2n) is 9.77. The van der Waals surface area contributed by atoms with Gasteiger partial charge in [-0.25, -0.2) is 0 Å². The highest BCUT2D eigenvalue weighted by atomic mass is 79.9. The van der Waals surface area contributed by atoms with Crippen LogP contribution in [0.1, 0.15) is 31.2 Å². The molecule has 3 aliphatic rings. The summed E-state index contributed by atoms with van der Waals surface area (Å²) >= 11 is 4.79. The summed E-state index contributed by atoms with van der Waals surface area (Å²) in [5, 5.41) is 4.91. The molecule has 1 spiro atoms. The summed E-state index contributed by atoms with van der Waals surface area (Å²) < 4.78 is 0.858. The molecule has 0 aliphatic carbocycles. The normalized spacial score (nSPS) is 24.6. The summed E-state index contributed by atoms with van der Waals surface area (Å²) in [6.07, 6.45) is 4.00. The van der Waals surface area contributed by atoms with E-state index in [9.17, 15) is 14.4 Å². The number of anilines is 2. The maximum Gasteiger partial charge on any atom is 0.238 e. The molecule has 1 N–H and O–H groups in total. The van der Waals surface area contributed by atoms with E-state index >= 15 is 0 Å². The Bertz CT molecular complexity index is 1650. The number of thiophene rings is 1. The molecular weight excluding hydrogens is 560 g/mol. The van der Waals surface area contributed by atoms with Crippen molar-refractivity contribution in [2.45, 2.75) is 17.5 Å². The minimum absolute atomic E-state index is 0.184. The van der Waals surface area contributed by atoms with E-state index in [0.717, 1.165) is 21.3 Å². The summed E-state index contributed by atoms with van der Waals surface area (Å²) in [6.45, 7) is 0. The fourth-order valence-electron chi connectivity index (χ4n) is 6.48. The van der Waals surface area contributed by atoms with Gasteiger partial charge in [0.05, 0.1) is 16.8 Å². The van der Waals surface area contributed by atoms with E-state index in [4.69, 9.17) is 0 Å². The van der Waals surface area contributed by atoms with Gasteiger partial charge in [-0.3, -0.25) is 14.4 Å². The number of para-hydroxylation sites is 2. The lowest BCUT2D eigenvalue weighted by Gasteiger charge is -2.37. The number of carbonyl (C=O) groups excluding carboxylic acids is 3. The first-order valence-corrected chi connectivity index (χ1v) is 14.0. The number of ketones is 2. The van der Waals surface area contributed by atoms with E-state index in [1.807, 2.05) is 89.2 Å². The molecule has 186 valence electrons. The van der Waals surface area contributed by atoms with E-state index in [-0.39, 0.29) is 17.5 Å². The van der Waals surface area contributed by atoms with Crippen LogP contribution in [0.25, 0.3) is 6.08 Å². The summed E-state index contributed by atoms with van der Waals surface area (Å²) in [5.41, 5.74) is 2.45. The van der Waals surface area contributed by atoms with Gasteiger partial charge in [-0.15, -0.1) is 11.3 Å². The van der Waals surface area contributed by atoms with Gasteiger partial charge in [-0.1, -0.05) is 82.7 Å². The van der Waals surface area contributed by atoms with Crippen LogP contribution in [-0.4, -0.2) is 29.6 Å². The first-order chi connectivity index (χ1) is 18.5. The fourth-order valence-corrected chi connectivity index (χ4v) is 7.45. The number of hydrogen-bond donors (Lipinski definition) is 1. The smallest absolute Gasteiger partial charge is 0.238 e. The summed E-state index contributed by atoms with van der Waals surface area (Å²) in [6, 6.07) is 24.8. The molecule has 0 saturated carbocycles. The minimum atomic E-state index is -1.28. The van der Waals surface area contributed by atoms with Crippen molar-refractivity contribution in [3.63, 3.8) is 0 Å². The van der Waals surface area contributed by atoms with Gasteiger partial charge in [-0.2, -0.15) is 0 Å². The van der Waals surface area contributed by atoms with Gasteiger partial charge in [0.2, 0.25) is 5.91 Å². The molecule has 38 heavy (non-hydrogen) atoms. The van der Waals surface area contributed by atoms with Crippen molar-refractivity contribution in [1.29, 1.82) is 0 Å². The molecule has 4 heterocycles. The Balaban J connectivity index is 1.54. The molecule has 0 bridgehead atoms. The Morgan fingerprint density at radius 3 is 2.45 bits per heavy atom. The molecule has 0 radical (unpaired) electrons. The van der Waals surface area contributed by atoms with Crippen LogP contribution in [0.3, 0.4) is 0 Å².